The number of nitrogens with zero attached hydrogens (tertiary/aromatic N) is 1. The minimum atomic E-state index is 0.147. The summed E-state index contributed by atoms with van der Waals surface area (Å²) in [7, 11) is 0. The normalized spacial score (nSPS) is 18.8. The average Bonchev–Trinajstić information content (AvgIpc) is 2.76. The number of hydrogen-bond donors (Lipinski definition) is 1. The van der Waals surface area contributed by atoms with E-state index in [-0.39, 0.29) is 11.0 Å². The molecule has 1 aliphatic rings. The molecule has 0 aromatic heterocycles. The molecule has 4 nitrogen and oxygen atoms in total. The number of thioether (sulfide) groups is 1. The van der Waals surface area contributed by atoms with Gasteiger partial charge in [0.05, 0.1) is 0 Å². The van der Waals surface area contributed by atoms with E-state index in [0.717, 1.165) is 38.2 Å². The SMILES string of the molecule is CC(=O)SCC1CC(=O)N(CCCCCCCCN)C1. The van der Waals surface area contributed by atoms with E-state index in [1.807, 2.05) is 4.90 Å². The molecule has 1 rings (SSSR count). The van der Waals surface area contributed by atoms with Crippen molar-refractivity contribution in [2.24, 2.45) is 11.7 Å². The third-order valence-corrected chi connectivity index (χ3v) is 4.74. The van der Waals surface area contributed by atoms with Crippen molar-refractivity contribution in [3.63, 3.8) is 0 Å². The monoisotopic (exact) mass is 300 g/mol. The first-order valence-corrected chi connectivity index (χ1v) is 8.73. The second-order valence-electron chi connectivity index (χ2n) is 5.62. The lowest BCUT2D eigenvalue weighted by Crippen LogP contribution is -2.26. The average molecular weight is 300 g/mol. The molecule has 0 aromatic rings. The second kappa shape index (κ2) is 10.2. The van der Waals surface area contributed by atoms with Crippen molar-refractivity contribution in [3.8, 4) is 0 Å². The summed E-state index contributed by atoms with van der Waals surface area (Å²) in [5.74, 6) is 1.42. The van der Waals surface area contributed by atoms with Gasteiger partial charge in [0.1, 0.15) is 0 Å². The molecule has 1 heterocycles. The van der Waals surface area contributed by atoms with Crippen molar-refractivity contribution in [1.29, 1.82) is 0 Å². The zero-order chi connectivity index (χ0) is 14.8. The molecule has 116 valence electrons. The maximum Gasteiger partial charge on any atom is 0.222 e. The van der Waals surface area contributed by atoms with Crippen LogP contribution in [0.3, 0.4) is 0 Å². The molecule has 2 N–H and O–H groups in total. The maximum atomic E-state index is 11.9. The third kappa shape index (κ3) is 7.29. The molecule has 0 aliphatic carbocycles. The van der Waals surface area contributed by atoms with Gasteiger partial charge in [0.15, 0.2) is 5.12 Å². The van der Waals surface area contributed by atoms with Crippen LogP contribution in [0.5, 0.6) is 0 Å². The summed E-state index contributed by atoms with van der Waals surface area (Å²) in [5, 5.41) is 0.147. The number of likely N-dealkylation sites (tertiary alicyclic amines) is 1. The summed E-state index contributed by atoms with van der Waals surface area (Å²) >= 11 is 1.34. The first-order valence-electron chi connectivity index (χ1n) is 7.74. The summed E-state index contributed by atoms with van der Waals surface area (Å²) in [6.45, 7) is 4.11. The molecule has 1 unspecified atom stereocenters. The Morgan fingerprint density at radius 3 is 2.55 bits per heavy atom. The lowest BCUT2D eigenvalue weighted by atomic mass is 10.1. The van der Waals surface area contributed by atoms with Crippen LogP contribution in [0.1, 0.15) is 51.9 Å². The molecule has 0 radical (unpaired) electrons. The van der Waals surface area contributed by atoms with E-state index in [1.54, 1.807) is 6.92 Å². The van der Waals surface area contributed by atoms with Crippen LogP contribution in [0.4, 0.5) is 0 Å². The van der Waals surface area contributed by atoms with Crippen LogP contribution in [0.2, 0.25) is 0 Å². The zero-order valence-corrected chi connectivity index (χ0v) is 13.4. The predicted octanol–water partition coefficient (Wildman–Crippen LogP) is 2.41. The Balaban J connectivity index is 2.06. The topological polar surface area (TPSA) is 63.4 Å². The fourth-order valence-electron chi connectivity index (χ4n) is 2.57. The van der Waals surface area contributed by atoms with Crippen molar-refractivity contribution < 1.29 is 9.59 Å². The molecule has 1 fully saturated rings. The molecule has 20 heavy (non-hydrogen) atoms. The molecule has 1 aliphatic heterocycles. The highest BCUT2D eigenvalue weighted by molar-refractivity contribution is 8.13. The van der Waals surface area contributed by atoms with Crippen molar-refractivity contribution in [2.45, 2.75) is 51.9 Å². The van der Waals surface area contributed by atoms with E-state index >= 15 is 0 Å². The van der Waals surface area contributed by atoms with Gasteiger partial charge in [-0.25, -0.2) is 0 Å². The largest absolute Gasteiger partial charge is 0.342 e. The smallest absolute Gasteiger partial charge is 0.222 e. The van der Waals surface area contributed by atoms with Gasteiger partial charge in [0.2, 0.25) is 5.91 Å². The number of amides is 1. The van der Waals surface area contributed by atoms with Gasteiger partial charge in [-0.2, -0.15) is 0 Å². The van der Waals surface area contributed by atoms with Crippen LogP contribution in [0.25, 0.3) is 0 Å². The summed E-state index contributed by atoms with van der Waals surface area (Å²) < 4.78 is 0. The quantitative estimate of drug-likeness (QED) is 0.629. The van der Waals surface area contributed by atoms with E-state index in [9.17, 15) is 9.59 Å². The van der Waals surface area contributed by atoms with Gasteiger partial charge in [-0.3, -0.25) is 9.59 Å². The van der Waals surface area contributed by atoms with Crippen LogP contribution in [-0.4, -0.2) is 41.3 Å². The Hall–Kier alpha value is -0.550. The first-order chi connectivity index (χ1) is 9.63. The van der Waals surface area contributed by atoms with E-state index in [2.05, 4.69) is 0 Å². The van der Waals surface area contributed by atoms with E-state index in [0.29, 0.717) is 12.3 Å². The van der Waals surface area contributed by atoms with Gasteiger partial charge in [-0.15, -0.1) is 0 Å². The van der Waals surface area contributed by atoms with Crippen LogP contribution < -0.4 is 5.73 Å². The van der Waals surface area contributed by atoms with Crippen molar-refractivity contribution >= 4 is 22.8 Å². The van der Waals surface area contributed by atoms with E-state index in [1.165, 1.54) is 37.4 Å². The molecular weight excluding hydrogens is 272 g/mol. The molecule has 0 aromatic carbocycles. The Morgan fingerprint density at radius 1 is 1.25 bits per heavy atom. The maximum absolute atomic E-state index is 11.9. The lowest BCUT2D eigenvalue weighted by Gasteiger charge is -2.16. The fourth-order valence-corrected chi connectivity index (χ4v) is 3.26. The Labute approximate surface area is 126 Å². The van der Waals surface area contributed by atoms with Gasteiger partial charge < -0.3 is 10.6 Å². The summed E-state index contributed by atoms with van der Waals surface area (Å²) in [6.07, 6.45) is 7.76. The van der Waals surface area contributed by atoms with Crippen molar-refractivity contribution in [2.75, 3.05) is 25.4 Å². The Morgan fingerprint density at radius 2 is 1.90 bits per heavy atom. The molecule has 0 saturated carbocycles. The summed E-state index contributed by atoms with van der Waals surface area (Å²) in [5.41, 5.74) is 5.46. The molecule has 0 bridgehead atoms. The van der Waals surface area contributed by atoms with Crippen LogP contribution in [0.15, 0.2) is 0 Å². The standard InChI is InChI=1S/C15H28N2O2S/c1-13(18)20-12-14-10-15(19)17(11-14)9-7-5-3-2-4-6-8-16/h14H,2-12,16H2,1H3. The van der Waals surface area contributed by atoms with Crippen LogP contribution >= 0.6 is 11.8 Å². The number of unbranched alkanes of at least 4 members (excludes halogenated alkanes) is 5. The van der Waals surface area contributed by atoms with Crippen molar-refractivity contribution in [1.82, 2.24) is 4.90 Å². The first kappa shape index (κ1) is 17.5. The van der Waals surface area contributed by atoms with E-state index in [4.69, 9.17) is 5.73 Å². The van der Waals surface area contributed by atoms with Gasteiger partial charge in [0.25, 0.3) is 0 Å². The van der Waals surface area contributed by atoms with Crippen molar-refractivity contribution in [3.05, 3.63) is 0 Å². The molecule has 1 saturated heterocycles. The highest BCUT2D eigenvalue weighted by atomic mass is 32.2. The molecule has 5 heteroatoms. The molecule has 1 atom stereocenters. The van der Waals surface area contributed by atoms with Crippen LogP contribution in [0, 0.1) is 5.92 Å². The summed E-state index contributed by atoms with van der Waals surface area (Å²) in [4.78, 5) is 24.8. The van der Waals surface area contributed by atoms with Gasteiger partial charge >= 0.3 is 0 Å². The number of rotatable bonds is 10. The highest BCUT2D eigenvalue weighted by Gasteiger charge is 2.29. The number of carbonyl (C=O) groups excluding carboxylic acids is 2. The third-order valence-electron chi connectivity index (χ3n) is 3.70. The molecular formula is C15H28N2O2S. The molecule has 0 spiro atoms. The van der Waals surface area contributed by atoms with Crippen LogP contribution in [-0.2, 0) is 9.59 Å². The Bertz CT molecular complexity index is 310. The lowest BCUT2D eigenvalue weighted by molar-refractivity contribution is -0.127. The zero-order valence-electron chi connectivity index (χ0n) is 12.6. The number of hydrogen-bond acceptors (Lipinski definition) is 4. The fraction of sp³-hybridized carbons (Fsp3) is 0.867. The number of carbonyl (C=O) groups is 2. The highest BCUT2D eigenvalue weighted by Crippen LogP contribution is 2.22. The van der Waals surface area contributed by atoms with Gasteiger partial charge in [-0.1, -0.05) is 37.4 Å². The molecule has 1 amide bonds. The van der Waals surface area contributed by atoms with Gasteiger partial charge in [-0.05, 0) is 25.3 Å². The minimum absolute atomic E-state index is 0.147. The van der Waals surface area contributed by atoms with Gasteiger partial charge in [0, 0.05) is 32.2 Å². The number of nitrogens with two attached hydrogens (primary N) is 1. The second-order valence-corrected chi connectivity index (χ2v) is 6.82. The van der Waals surface area contributed by atoms with E-state index < -0.39 is 0 Å². The Kier molecular flexibility index (Phi) is 8.94. The summed E-state index contributed by atoms with van der Waals surface area (Å²) in [6, 6.07) is 0. The predicted molar refractivity (Wildman–Crippen MR) is 84.6 cm³/mol. The minimum Gasteiger partial charge on any atom is -0.342 e.